The van der Waals surface area contributed by atoms with E-state index in [1.54, 1.807) is 12.1 Å². The van der Waals surface area contributed by atoms with Crippen LogP contribution in [0.15, 0.2) is 18.2 Å². The van der Waals surface area contributed by atoms with Crippen LogP contribution in [0.1, 0.15) is 26.3 Å². The lowest BCUT2D eigenvalue weighted by Gasteiger charge is -2.43. The molecule has 104 valence electrons. The van der Waals surface area contributed by atoms with Crippen LogP contribution in [0, 0.1) is 17.0 Å². The van der Waals surface area contributed by atoms with Crippen molar-refractivity contribution >= 4 is 11.4 Å². The van der Waals surface area contributed by atoms with Crippen molar-refractivity contribution in [1.29, 1.82) is 0 Å². The minimum atomic E-state index is -0.316. The second-order valence-electron chi connectivity index (χ2n) is 5.80. The summed E-state index contributed by atoms with van der Waals surface area (Å²) in [5.41, 5.74) is 1.59. The standard InChI is InChI=1S/C14H20N2O3/c1-10-5-6-12(16(17)18)13(7-10)15-9-14(3,4)19-8-11(15)2/h5-7,11H,8-9H2,1-4H3/t11-/m0/s1. The molecule has 2 rings (SSSR count). The maximum absolute atomic E-state index is 11.2. The Kier molecular flexibility index (Phi) is 3.49. The number of benzene rings is 1. The van der Waals surface area contributed by atoms with E-state index >= 15 is 0 Å². The van der Waals surface area contributed by atoms with Gasteiger partial charge in [-0.1, -0.05) is 6.07 Å². The molecule has 0 bridgehead atoms. The largest absolute Gasteiger partial charge is 0.372 e. The van der Waals surface area contributed by atoms with Crippen molar-refractivity contribution in [2.45, 2.75) is 39.3 Å². The van der Waals surface area contributed by atoms with Gasteiger partial charge in [0.2, 0.25) is 0 Å². The topological polar surface area (TPSA) is 55.6 Å². The van der Waals surface area contributed by atoms with Crippen LogP contribution in [0.2, 0.25) is 0 Å². The van der Waals surface area contributed by atoms with Crippen molar-refractivity contribution in [3.63, 3.8) is 0 Å². The Labute approximate surface area is 113 Å². The Morgan fingerprint density at radius 3 is 2.79 bits per heavy atom. The number of nitro groups is 1. The summed E-state index contributed by atoms with van der Waals surface area (Å²) in [6.07, 6.45) is 0. The highest BCUT2D eigenvalue weighted by molar-refractivity contribution is 5.65. The molecule has 1 aromatic rings. The Hall–Kier alpha value is -1.62. The van der Waals surface area contributed by atoms with Crippen molar-refractivity contribution in [1.82, 2.24) is 0 Å². The van der Waals surface area contributed by atoms with Gasteiger partial charge in [-0.15, -0.1) is 0 Å². The molecule has 1 aliphatic rings. The van der Waals surface area contributed by atoms with Crippen LogP contribution < -0.4 is 4.90 Å². The number of ether oxygens (including phenoxy) is 1. The summed E-state index contributed by atoms with van der Waals surface area (Å²) in [7, 11) is 0. The monoisotopic (exact) mass is 264 g/mol. The van der Waals surface area contributed by atoms with Gasteiger partial charge >= 0.3 is 0 Å². The molecular formula is C14H20N2O3. The fraction of sp³-hybridized carbons (Fsp3) is 0.571. The summed E-state index contributed by atoms with van der Waals surface area (Å²) in [6, 6.07) is 5.38. The van der Waals surface area contributed by atoms with E-state index in [1.807, 2.05) is 33.8 Å². The quantitative estimate of drug-likeness (QED) is 0.608. The van der Waals surface area contributed by atoms with Crippen LogP contribution in [-0.4, -0.2) is 29.7 Å². The Balaban J connectivity index is 2.44. The fourth-order valence-corrected chi connectivity index (χ4v) is 2.39. The maximum Gasteiger partial charge on any atom is 0.292 e. The van der Waals surface area contributed by atoms with E-state index in [0.29, 0.717) is 18.8 Å². The number of rotatable bonds is 2. The van der Waals surface area contributed by atoms with Crippen LogP contribution in [-0.2, 0) is 4.74 Å². The molecule has 0 unspecified atom stereocenters. The van der Waals surface area contributed by atoms with E-state index in [1.165, 1.54) is 0 Å². The lowest BCUT2D eigenvalue weighted by Crippen LogP contribution is -2.53. The highest BCUT2D eigenvalue weighted by Gasteiger charge is 2.34. The van der Waals surface area contributed by atoms with Crippen molar-refractivity contribution in [2.75, 3.05) is 18.1 Å². The normalized spacial score (nSPS) is 22.3. The molecule has 5 heteroatoms. The van der Waals surface area contributed by atoms with Gasteiger partial charge in [0.25, 0.3) is 5.69 Å². The second-order valence-corrected chi connectivity index (χ2v) is 5.80. The predicted molar refractivity (Wildman–Crippen MR) is 74.7 cm³/mol. The lowest BCUT2D eigenvalue weighted by atomic mass is 10.0. The van der Waals surface area contributed by atoms with Gasteiger partial charge in [0.1, 0.15) is 5.69 Å². The molecule has 0 amide bonds. The lowest BCUT2D eigenvalue weighted by molar-refractivity contribution is -0.384. The third-order valence-corrected chi connectivity index (χ3v) is 3.44. The van der Waals surface area contributed by atoms with Crippen molar-refractivity contribution < 1.29 is 9.66 Å². The smallest absolute Gasteiger partial charge is 0.292 e. The van der Waals surface area contributed by atoms with E-state index in [0.717, 1.165) is 5.56 Å². The molecule has 1 aliphatic heterocycles. The highest BCUT2D eigenvalue weighted by Crippen LogP contribution is 2.34. The molecule has 19 heavy (non-hydrogen) atoms. The molecule has 1 fully saturated rings. The van der Waals surface area contributed by atoms with Crippen LogP contribution in [0.4, 0.5) is 11.4 Å². The number of aryl methyl sites for hydroxylation is 1. The SMILES string of the molecule is Cc1ccc([N+](=O)[O-])c(N2CC(C)(C)OC[C@@H]2C)c1. The van der Waals surface area contributed by atoms with E-state index in [2.05, 4.69) is 4.90 Å². The van der Waals surface area contributed by atoms with Gasteiger partial charge in [0.05, 0.1) is 17.1 Å². The highest BCUT2D eigenvalue weighted by atomic mass is 16.6. The van der Waals surface area contributed by atoms with Gasteiger partial charge in [0, 0.05) is 18.7 Å². The van der Waals surface area contributed by atoms with E-state index in [9.17, 15) is 10.1 Å². The number of hydrogen-bond acceptors (Lipinski definition) is 4. The molecule has 0 N–H and O–H groups in total. The van der Waals surface area contributed by atoms with Gasteiger partial charge < -0.3 is 9.64 Å². The zero-order valence-electron chi connectivity index (χ0n) is 11.8. The van der Waals surface area contributed by atoms with Crippen molar-refractivity contribution in [3.8, 4) is 0 Å². The first-order chi connectivity index (χ1) is 8.80. The summed E-state index contributed by atoms with van der Waals surface area (Å²) >= 11 is 0. The number of anilines is 1. The number of nitro benzene ring substituents is 1. The predicted octanol–water partition coefficient (Wildman–Crippen LogP) is 2.91. The third kappa shape index (κ3) is 2.87. The number of morpholine rings is 1. The second kappa shape index (κ2) is 4.81. The van der Waals surface area contributed by atoms with Crippen LogP contribution in [0.5, 0.6) is 0 Å². The molecule has 5 nitrogen and oxygen atoms in total. The molecule has 1 atom stereocenters. The van der Waals surface area contributed by atoms with Crippen LogP contribution in [0.3, 0.4) is 0 Å². The summed E-state index contributed by atoms with van der Waals surface area (Å²) in [4.78, 5) is 13.0. The summed E-state index contributed by atoms with van der Waals surface area (Å²) in [5.74, 6) is 0. The molecule has 1 heterocycles. The Bertz CT molecular complexity index is 499. The molecule has 0 aromatic heterocycles. The fourth-order valence-electron chi connectivity index (χ4n) is 2.39. The minimum absolute atomic E-state index is 0.133. The van der Waals surface area contributed by atoms with Gasteiger partial charge in [-0.3, -0.25) is 10.1 Å². The van der Waals surface area contributed by atoms with Crippen LogP contribution in [0.25, 0.3) is 0 Å². The maximum atomic E-state index is 11.2. The molecular weight excluding hydrogens is 244 g/mol. The number of hydrogen-bond donors (Lipinski definition) is 0. The average molecular weight is 264 g/mol. The van der Waals surface area contributed by atoms with Gasteiger partial charge in [0.15, 0.2) is 0 Å². The summed E-state index contributed by atoms with van der Waals surface area (Å²) < 4.78 is 5.75. The van der Waals surface area contributed by atoms with Gasteiger partial charge in [-0.2, -0.15) is 0 Å². The first-order valence-electron chi connectivity index (χ1n) is 6.46. The minimum Gasteiger partial charge on any atom is -0.372 e. The first kappa shape index (κ1) is 13.8. The zero-order chi connectivity index (χ0) is 14.2. The molecule has 1 saturated heterocycles. The summed E-state index contributed by atoms with van der Waals surface area (Å²) in [6.45, 7) is 9.22. The molecule has 0 radical (unpaired) electrons. The average Bonchev–Trinajstić information content (AvgIpc) is 2.32. The van der Waals surface area contributed by atoms with Crippen molar-refractivity contribution in [3.05, 3.63) is 33.9 Å². The molecule has 0 spiro atoms. The number of nitrogens with zero attached hydrogens (tertiary/aromatic N) is 2. The Morgan fingerprint density at radius 1 is 1.47 bits per heavy atom. The van der Waals surface area contributed by atoms with E-state index in [4.69, 9.17) is 4.74 Å². The van der Waals surface area contributed by atoms with Gasteiger partial charge in [-0.25, -0.2) is 0 Å². The van der Waals surface area contributed by atoms with Crippen LogP contribution >= 0.6 is 0 Å². The van der Waals surface area contributed by atoms with Gasteiger partial charge in [-0.05, 0) is 39.3 Å². The van der Waals surface area contributed by atoms with E-state index < -0.39 is 0 Å². The van der Waals surface area contributed by atoms with E-state index in [-0.39, 0.29) is 22.3 Å². The zero-order valence-corrected chi connectivity index (χ0v) is 11.8. The first-order valence-corrected chi connectivity index (χ1v) is 6.46. The molecule has 0 saturated carbocycles. The third-order valence-electron chi connectivity index (χ3n) is 3.44. The summed E-state index contributed by atoms with van der Waals surface area (Å²) in [5, 5.41) is 11.2. The Morgan fingerprint density at radius 2 is 2.16 bits per heavy atom. The molecule has 1 aromatic carbocycles. The van der Waals surface area contributed by atoms with Crippen molar-refractivity contribution in [2.24, 2.45) is 0 Å². The molecule has 0 aliphatic carbocycles.